The first-order valence-corrected chi connectivity index (χ1v) is 7.71. The summed E-state index contributed by atoms with van der Waals surface area (Å²) in [4.78, 5) is 18.6. The molecule has 4 nitrogen and oxygen atoms in total. The molecule has 110 valence electrons. The van der Waals surface area contributed by atoms with Gasteiger partial charge in [-0.25, -0.2) is 4.98 Å². The first-order chi connectivity index (χ1) is 9.68. The Morgan fingerprint density at radius 2 is 1.95 bits per heavy atom. The van der Waals surface area contributed by atoms with Gasteiger partial charge in [0, 0.05) is 6.20 Å². The van der Waals surface area contributed by atoms with Gasteiger partial charge in [-0.2, -0.15) is 0 Å². The van der Waals surface area contributed by atoms with Crippen LogP contribution in [0.4, 0.5) is 5.69 Å². The highest BCUT2D eigenvalue weighted by atomic mass is 35.5. The van der Waals surface area contributed by atoms with Gasteiger partial charge in [0.15, 0.2) is 5.15 Å². The normalized spacial score (nSPS) is 18.9. The van der Waals surface area contributed by atoms with Crippen molar-refractivity contribution in [2.75, 3.05) is 18.4 Å². The van der Waals surface area contributed by atoms with Crippen LogP contribution in [0.3, 0.4) is 0 Å². The molecule has 0 radical (unpaired) electrons. The minimum absolute atomic E-state index is 0.0135. The van der Waals surface area contributed by atoms with Gasteiger partial charge < -0.3 is 5.32 Å². The lowest BCUT2D eigenvalue weighted by Crippen LogP contribution is -2.43. The molecule has 1 N–H and O–H groups in total. The van der Waals surface area contributed by atoms with Crippen LogP contribution in [0.15, 0.2) is 18.3 Å². The number of hydrogen-bond acceptors (Lipinski definition) is 3. The van der Waals surface area contributed by atoms with Gasteiger partial charge in [-0.05, 0) is 45.0 Å². The number of nitrogens with zero attached hydrogens (tertiary/aromatic N) is 2. The zero-order valence-corrected chi connectivity index (χ0v) is 12.7. The Morgan fingerprint density at radius 1 is 1.30 bits per heavy atom. The number of hydrogen-bond donors (Lipinski definition) is 1. The third-order valence-corrected chi connectivity index (χ3v) is 4.14. The molecule has 0 saturated carbocycles. The van der Waals surface area contributed by atoms with Crippen molar-refractivity contribution < 1.29 is 4.79 Å². The summed E-state index contributed by atoms with van der Waals surface area (Å²) in [6.45, 7) is 3.95. The number of halogens is 1. The van der Waals surface area contributed by atoms with Crippen molar-refractivity contribution in [2.24, 2.45) is 0 Å². The Hall–Kier alpha value is -1.13. The molecule has 0 bridgehead atoms. The summed E-state index contributed by atoms with van der Waals surface area (Å²) < 4.78 is 0. The number of carbonyl (C=O) groups excluding carboxylic acids is 1. The SMILES string of the molecule is C[C@H](C(=O)Nc1cccnc1Cl)N1CCCCCCC1. The predicted molar refractivity (Wildman–Crippen MR) is 82.0 cm³/mol. The summed E-state index contributed by atoms with van der Waals surface area (Å²) in [6.07, 6.45) is 7.80. The molecule has 2 heterocycles. The number of carbonyl (C=O) groups is 1. The Bertz CT molecular complexity index is 444. The monoisotopic (exact) mass is 295 g/mol. The fourth-order valence-corrected chi connectivity index (χ4v) is 2.71. The fourth-order valence-electron chi connectivity index (χ4n) is 2.54. The van der Waals surface area contributed by atoms with Gasteiger partial charge in [0.2, 0.25) is 5.91 Å². The molecule has 1 fully saturated rings. The van der Waals surface area contributed by atoms with E-state index in [1.54, 1.807) is 18.3 Å². The second-order valence-electron chi connectivity index (χ2n) is 5.31. The van der Waals surface area contributed by atoms with Crippen molar-refractivity contribution in [3.8, 4) is 0 Å². The predicted octanol–water partition coefficient (Wildman–Crippen LogP) is 3.33. The Labute approximate surface area is 125 Å². The van der Waals surface area contributed by atoms with Crippen molar-refractivity contribution in [2.45, 2.75) is 45.1 Å². The average Bonchev–Trinajstić information content (AvgIpc) is 2.40. The molecular formula is C15H22ClN3O. The third kappa shape index (κ3) is 4.18. The number of pyridine rings is 1. The lowest BCUT2D eigenvalue weighted by Gasteiger charge is -2.29. The molecule has 20 heavy (non-hydrogen) atoms. The van der Waals surface area contributed by atoms with Gasteiger partial charge in [-0.3, -0.25) is 9.69 Å². The zero-order chi connectivity index (χ0) is 14.4. The van der Waals surface area contributed by atoms with E-state index >= 15 is 0 Å². The van der Waals surface area contributed by atoms with E-state index in [1.807, 2.05) is 6.92 Å². The molecule has 0 aromatic carbocycles. The van der Waals surface area contributed by atoms with Crippen LogP contribution in [-0.4, -0.2) is 34.9 Å². The molecule has 1 atom stereocenters. The molecule has 1 aromatic heterocycles. The molecule has 0 unspecified atom stereocenters. The summed E-state index contributed by atoms with van der Waals surface area (Å²) in [5, 5.41) is 3.20. The van der Waals surface area contributed by atoms with Crippen LogP contribution in [0.2, 0.25) is 5.15 Å². The molecule has 1 aromatic rings. The molecule has 0 aliphatic carbocycles. The van der Waals surface area contributed by atoms with Crippen LogP contribution in [0.5, 0.6) is 0 Å². The van der Waals surface area contributed by atoms with Gasteiger partial charge in [-0.1, -0.05) is 30.9 Å². The summed E-state index contributed by atoms with van der Waals surface area (Å²) in [6, 6.07) is 3.40. The summed E-state index contributed by atoms with van der Waals surface area (Å²) in [5.41, 5.74) is 0.582. The van der Waals surface area contributed by atoms with Gasteiger partial charge in [0.05, 0.1) is 11.7 Å². The van der Waals surface area contributed by atoms with Crippen molar-refractivity contribution in [1.29, 1.82) is 0 Å². The summed E-state index contributed by atoms with van der Waals surface area (Å²) >= 11 is 5.97. The lowest BCUT2D eigenvalue weighted by molar-refractivity contribution is -0.120. The number of aromatic nitrogens is 1. The van der Waals surface area contributed by atoms with E-state index in [-0.39, 0.29) is 11.9 Å². The van der Waals surface area contributed by atoms with E-state index < -0.39 is 0 Å². The van der Waals surface area contributed by atoms with Crippen molar-refractivity contribution in [3.63, 3.8) is 0 Å². The highest BCUT2D eigenvalue weighted by Crippen LogP contribution is 2.19. The molecule has 5 heteroatoms. The largest absolute Gasteiger partial charge is 0.322 e. The Balaban J connectivity index is 1.95. The van der Waals surface area contributed by atoms with Crippen LogP contribution in [0, 0.1) is 0 Å². The molecule has 0 spiro atoms. The topological polar surface area (TPSA) is 45.2 Å². The van der Waals surface area contributed by atoms with Gasteiger partial charge in [-0.15, -0.1) is 0 Å². The number of likely N-dealkylation sites (tertiary alicyclic amines) is 1. The molecule has 1 aliphatic heterocycles. The standard InChI is InChI=1S/C15H22ClN3O/c1-12(19-10-5-3-2-4-6-11-19)15(20)18-13-8-7-9-17-14(13)16/h7-9,12H,2-6,10-11H2,1H3,(H,18,20)/t12-/m1/s1. The smallest absolute Gasteiger partial charge is 0.241 e. The van der Waals surface area contributed by atoms with Crippen molar-refractivity contribution in [1.82, 2.24) is 9.88 Å². The molecular weight excluding hydrogens is 274 g/mol. The van der Waals surface area contributed by atoms with Gasteiger partial charge in [0.25, 0.3) is 0 Å². The number of amides is 1. The van der Waals surface area contributed by atoms with Crippen LogP contribution in [0.25, 0.3) is 0 Å². The van der Waals surface area contributed by atoms with Crippen LogP contribution >= 0.6 is 11.6 Å². The summed E-state index contributed by atoms with van der Waals surface area (Å²) in [7, 11) is 0. The summed E-state index contributed by atoms with van der Waals surface area (Å²) in [5.74, 6) is -0.0135. The Morgan fingerprint density at radius 3 is 2.60 bits per heavy atom. The molecule has 2 rings (SSSR count). The average molecular weight is 296 g/mol. The van der Waals surface area contributed by atoms with E-state index in [4.69, 9.17) is 11.6 Å². The number of nitrogens with one attached hydrogen (secondary N) is 1. The van der Waals surface area contributed by atoms with Crippen LogP contribution in [0.1, 0.15) is 39.0 Å². The maximum absolute atomic E-state index is 12.3. The van der Waals surface area contributed by atoms with Crippen molar-refractivity contribution >= 4 is 23.2 Å². The minimum Gasteiger partial charge on any atom is -0.322 e. The first-order valence-electron chi connectivity index (χ1n) is 7.34. The Kier molecular flexibility index (Phi) is 5.80. The minimum atomic E-state index is -0.135. The van der Waals surface area contributed by atoms with Gasteiger partial charge >= 0.3 is 0 Å². The molecule has 1 aliphatic rings. The van der Waals surface area contributed by atoms with E-state index in [9.17, 15) is 4.79 Å². The maximum Gasteiger partial charge on any atom is 0.241 e. The zero-order valence-electron chi connectivity index (χ0n) is 11.9. The first kappa shape index (κ1) is 15.3. The second kappa shape index (κ2) is 7.60. The molecule has 1 amide bonds. The second-order valence-corrected chi connectivity index (χ2v) is 5.67. The van der Waals surface area contributed by atoms with E-state index in [0.717, 1.165) is 13.1 Å². The fraction of sp³-hybridized carbons (Fsp3) is 0.600. The van der Waals surface area contributed by atoms with Crippen molar-refractivity contribution in [3.05, 3.63) is 23.5 Å². The van der Waals surface area contributed by atoms with Gasteiger partial charge in [0.1, 0.15) is 0 Å². The maximum atomic E-state index is 12.3. The lowest BCUT2D eigenvalue weighted by atomic mass is 10.1. The van der Waals surface area contributed by atoms with Crippen LogP contribution < -0.4 is 5.32 Å². The highest BCUT2D eigenvalue weighted by Gasteiger charge is 2.22. The number of anilines is 1. The van der Waals surface area contributed by atoms with Crippen LogP contribution in [-0.2, 0) is 4.79 Å². The van der Waals surface area contributed by atoms with E-state index in [0.29, 0.717) is 10.8 Å². The molecule has 1 saturated heterocycles. The highest BCUT2D eigenvalue weighted by molar-refractivity contribution is 6.32. The van der Waals surface area contributed by atoms with E-state index in [2.05, 4.69) is 15.2 Å². The quantitative estimate of drug-likeness (QED) is 0.870. The third-order valence-electron chi connectivity index (χ3n) is 3.83. The number of rotatable bonds is 3. The van der Waals surface area contributed by atoms with E-state index in [1.165, 1.54) is 32.1 Å².